The summed E-state index contributed by atoms with van der Waals surface area (Å²) in [5.74, 6) is -5.09. The smallest absolute Gasteiger partial charge is 0.274 e. The number of carbonyl (C=O) groups excluding carboxylic acids is 2. The molecule has 8 heteroatoms. The van der Waals surface area contributed by atoms with Gasteiger partial charge in [0.25, 0.3) is 11.8 Å². The molecule has 0 bridgehead atoms. The maximum absolute atomic E-state index is 13.9. The molecule has 0 radical (unpaired) electrons. The van der Waals surface area contributed by atoms with Crippen LogP contribution in [0.25, 0.3) is 0 Å². The quantitative estimate of drug-likeness (QED) is 0.636. The van der Waals surface area contributed by atoms with Crippen LogP contribution < -0.4 is 5.48 Å². The highest BCUT2D eigenvalue weighted by Gasteiger charge is 2.26. The Labute approximate surface area is 147 Å². The minimum absolute atomic E-state index is 0.103. The van der Waals surface area contributed by atoms with Gasteiger partial charge >= 0.3 is 0 Å². The Morgan fingerprint density at radius 3 is 2.38 bits per heavy atom. The number of hydroxylamine groups is 1. The average molecular weight is 364 g/mol. The fourth-order valence-electron chi connectivity index (χ4n) is 3.04. The van der Waals surface area contributed by atoms with Crippen LogP contribution in [0.2, 0.25) is 0 Å². The van der Waals surface area contributed by atoms with Gasteiger partial charge in [-0.1, -0.05) is 6.07 Å². The molecule has 5 nitrogen and oxygen atoms in total. The molecule has 0 fully saturated rings. The number of hydrogen-bond donors (Lipinski definition) is 2. The molecule has 0 aliphatic carbocycles. The molecule has 0 saturated heterocycles. The number of hydrogen-bond acceptors (Lipinski definition) is 3. The van der Waals surface area contributed by atoms with Gasteiger partial charge in [0.05, 0.1) is 0 Å². The lowest BCUT2D eigenvalue weighted by molar-refractivity contribution is 0.0704. The maximum Gasteiger partial charge on any atom is 0.274 e. The topological polar surface area (TPSA) is 69.6 Å². The van der Waals surface area contributed by atoms with Crippen molar-refractivity contribution in [2.75, 3.05) is 6.54 Å². The van der Waals surface area contributed by atoms with Crippen LogP contribution in [0, 0.1) is 17.5 Å². The standard InChI is InChI=1S/C18H15F3N2O3/c19-13-7-14(20)16(15(21)8-13)18(25)23-5-1-2-10-6-11(17(24)22-26)3-4-12(10)9-23/h3-4,6-8,26H,1-2,5,9H2,(H,22,24). The van der Waals surface area contributed by atoms with E-state index in [1.165, 1.54) is 11.0 Å². The number of nitrogens with one attached hydrogen (secondary N) is 1. The Morgan fingerprint density at radius 2 is 1.73 bits per heavy atom. The molecule has 1 aliphatic rings. The van der Waals surface area contributed by atoms with Gasteiger partial charge in [-0.25, -0.2) is 18.7 Å². The van der Waals surface area contributed by atoms with Crippen LogP contribution in [-0.2, 0) is 13.0 Å². The van der Waals surface area contributed by atoms with E-state index < -0.39 is 34.8 Å². The van der Waals surface area contributed by atoms with Gasteiger partial charge in [0.15, 0.2) is 0 Å². The van der Waals surface area contributed by atoms with E-state index in [0.717, 1.165) is 11.1 Å². The summed E-state index contributed by atoms with van der Waals surface area (Å²) in [7, 11) is 0. The molecule has 0 atom stereocenters. The Morgan fingerprint density at radius 1 is 1.04 bits per heavy atom. The van der Waals surface area contributed by atoms with E-state index in [1.54, 1.807) is 17.6 Å². The SMILES string of the molecule is O=C(NO)c1ccc2c(c1)CCCN(C(=O)c1c(F)cc(F)cc1F)C2. The molecule has 0 spiro atoms. The Balaban J connectivity index is 1.90. The van der Waals surface area contributed by atoms with Gasteiger partial charge in [-0.2, -0.15) is 0 Å². The highest BCUT2D eigenvalue weighted by molar-refractivity contribution is 5.95. The first kappa shape index (κ1) is 17.9. The zero-order valence-corrected chi connectivity index (χ0v) is 13.6. The van der Waals surface area contributed by atoms with Gasteiger partial charge in [-0.05, 0) is 36.1 Å². The number of benzene rings is 2. The van der Waals surface area contributed by atoms with Crippen LogP contribution in [0.1, 0.15) is 38.3 Å². The highest BCUT2D eigenvalue weighted by Crippen LogP contribution is 2.24. The molecule has 2 N–H and O–H groups in total. The monoisotopic (exact) mass is 364 g/mol. The summed E-state index contributed by atoms with van der Waals surface area (Å²) in [4.78, 5) is 25.4. The van der Waals surface area contributed by atoms with Crippen molar-refractivity contribution < 1.29 is 28.0 Å². The fourth-order valence-corrected chi connectivity index (χ4v) is 3.04. The van der Waals surface area contributed by atoms with E-state index in [1.807, 2.05) is 0 Å². The largest absolute Gasteiger partial charge is 0.334 e. The van der Waals surface area contributed by atoms with E-state index in [2.05, 4.69) is 0 Å². The number of rotatable bonds is 2. The third-order valence-corrected chi connectivity index (χ3v) is 4.31. The van der Waals surface area contributed by atoms with E-state index in [9.17, 15) is 22.8 Å². The zero-order chi connectivity index (χ0) is 18.8. The Bertz CT molecular complexity index is 863. The lowest BCUT2D eigenvalue weighted by atomic mass is 10.0. The van der Waals surface area contributed by atoms with Gasteiger partial charge < -0.3 is 4.90 Å². The second-order valence-corrected chi connectivity index (χ2v) is 6.00. The van der Waals surface area contributed by atoms with Crippen LogP contribution in [-0.4, -0.2) is 28.5 Å². The predicted octanol–water partition coefficient (Wildman–Crippen LogP) is 2.81. The normalized spacial score (nSPS) is 13.8. The van der Waals surface area contributed by atoms with Gasteiger partial charge in [0.2, 0.25) is 0 Å². The molecule has 1 aliphatic heterocycles. The highest BCUT2D eigenvalue weighted by atomic mass is 19.1. The molecule has 2 aromatic carbocycles. The Hall–Kier alpha value is -2.87. The van der Waals surface area contributed by atoms with Crippen LogP contribution in [0.3, 0.4) is 0 Å². The Kier molecular flexibility index (Phi) is 4.94. The number of nitrogens with zero attached hydrogens (tertiary/aromatic N) is 1. The van der Waals surface area contributed by atoms with Crippen molar-refractivity contribution >= 4 is 11.8 Å². The predicted molar refractivity (Wildman–Crippen MR) is 85.1 cm³/mol. The number of fused-ring (bicyclic) bond motifs is 1. The van der Waals surface area contributed by atoms with Gasteiger partial charge in [-0.3, -0.25) is 14.8 Å². The molecule has 136 valence electrons. The van der Waals surface area contributed by atoms with Crippen molar-refractivity contribution in [3.05, 3.63) is 70.0 Å². The molecule has 0 saturated carbocycles. The molecule has 0 aromatic heterocycles. The number of carbonyl (C=O) groups is 2. The third kappa shape index (κ3) is 3.41. The summed E-state index contributed by atoms with van der Waals surface area (Å²) < 4.78 is 40.9. The molecular formula is C18H15F3N2O3. The summed E-state index contributed by atoms with van der Waals surface area (Å²) in [6, 6.07) is 5.66. The van der Waals surface area contributed by atoms with Crippen molar-refractivity contribution in [3.8, 4) is 0 Å². The van der Waals surface area contributed by atoms with Crippen molar-refractivity contribution in [3.63, 3.8) is 0 Å². The molecule has 3 rings (SSSR count). The second kappa shape index (κ2) is 7.17. The average Bonchev–Trinajstić information content (AvgIpc) is 2.81. The third-order valence-electron chi connectivity index (χ3n) is 4.31. The van der Waals surface area contributed by atoms with Crippen LogP contribution in [0.5, 0.6) is 0 Å². The summed E-state index contributed by atoms with van der Waals surface area (Å²) in [6.45, 7) is 0.358. The van der Waals surface area contributed by atoms with E-state index >= 15 is 0 Å². The first-order valence-corrected chi connectivity index (χ1v) is 7.90. The van der Waals surface area contributed by atoms with Gasteiger partial charge in [0, 0.05) is 30.8 Å². The van der Waals surface area contributed by atoms with Gasteiger partial charge in [-0.15, -0.1) is 0 Å². The summed E-state index contributed by atoms with van der Waals surface area (Å²) in [5, 5.41) is 8.71. The fraction of sp³-hybridized carbons (Fsp3) is 0.222. The van der Waals surface area contributed by atoms with Crippen molar-refractivity contribution in [1.29, 1.82) is 0 Å². The van der Waals surface area contributed by atoms with Crippen LogP contribution in [0.15, 0.2) is 30.3 Å². The summed E-state index contributed by atoms with van der Waals surface area (Å²) >= 11 is 0. The first-order valence-electron chi connectivity index (χ1n) is 7.90. The minimum Gasteiger partial charge on any atom is -0.334 e. The minimum atomic E-state index is -1.24. The van der Waals surface area contributed by atoms with Crippen LogP contribution in [0.4, 0.5) is 13.2 Å². The molecule has 1 heterocycles. The van der Waals surface area contributed by atoms with E-state index in [-0.39, 0.29) is 18.7 Å². The lowest BCUT2D eigenvalue weighted by Crippen LogP contribution is -2.32. The molecular weight excluding hydrogens is 349 g/mol. The summed E-state index contributed by atoms with van der Waals surface area (Å²) in [5.41, 5.74) is 2.57. The molecule has 2 aromatic rings. The molecule has 0 unspecified atom stereocenters. The lowest BCUT2D eigenvalue weighted by Gasteiger charge is -2.21. The molecule has 2 amide bonds. The number of aryl methyl sites for hydroxylation is 1. The number of halogens is 3. The van der Waals surface area contributed by atoms with E-state index in [0.29, 0.717) is 25.0 Å². The maximum atomic E-state index is 13.9. The summed E-state index contributed by atoms with van der Waals surface area (Å²) in [6.07, 6.45) is 1.08. The first-order chi connectivity index (χ1) is 12.4. The van der Waals surface area contributed by atoms with Crippen LogP contribution >= 0.6 is 0 Å². The zero-order valence-electron chi connectivity index (χ0n) is 13.6. The van der Waals surface area contributed by atoms with Crippen molar-refractivity contribution in [2.45, 2.75) is 19.4 Å². The number of amides is 2. The van der Waals surface area contributed by atoms with Crippen molar-refractivity contribution in [1.82, 2.24) is 10.4 Å². The van der Waals surface area contributed by atoms with Crippen molar-refractivity contribution in [2.24, 2.45) is 0 Å². The second-order valence-electron chi connectivity index (χ2n) is 6.00. The van der Waals surface area contributed by atoms with Gasteiger partial charge in [0.1, 0.15) is 23.0 Å². The van der Waals surface area contributed by atoms with E-state index in [4.69, 9.17) is 5.21 Å². The molecule has 26 heavy (non-hydrogen) atoms.